The van der Waals surface area contributed by atoms with Crippen LogP contribution < -0.4 is 0 Å². The van der Waals surface area contributed by atoms with E-state index in [1.54, 1.807) is 12.1 Å². The van der Waals surface area contributed by atoms with Crippen LogP contribution in [-0.4, -0.2) is 16.1 Å². The number of H-pyrrole nitrogens is 1. The third-order valence-corrected chi connectivity index (χ3v) is 2.68. The Bertz CT molecular complexity index is 519. The van der Waals surface area contributed by atoms with E-state index < -0.39 is 5.97 Å². The van der Waals surface area contributed by atoms with E-state index in [-0.39, 0.29) is 5.69 Å². The minimum absolute atomic E-state index is 0.196. The SMILES string of the molecule is O=C(O)c1ccc(Cc2ccccc2Cl)[nH]1. The summed E-state index contributed by atoms with van der Waals surface area (Å²) in [5.41, 5.74) is 2.01. The topological polar surface area (TPSA) is 53.1 Å². The Labute approximate surface area is 97.7 Å². The van der Waals surface area contributed by atoms with Crippen LogP contribution in [0.25, 0.3) is 0 Å². The van der Waals surface area contributed by atoms with Gasteiger partial charge in [-0.05, 0) is 23.8 Å². The standard InChI is InChI=1S/C12H10ClNO2/c13-10-4-2-1-3-8(10)7-9-5-6-11(14-9)12(15)16/h1-6,14H,7H2,(H,15,16). The Morgan fingerprint density at radius 1 is 1.25 bits per heavy atom. The van der Waals surface area contributed by atoms with Gasteiger partial charge in [0, 0.05) is 17.1 Å². The van der Waals surface area contributed by atoms with Crippen molar-refractivity contribution in [1.29, 1.82) is 0 Å². The van der Waals surface area contributed by atoms with Crippen LogP contribution in [-0.2, 0) is 6.42 Å². The van der Waals surface area contributed by atoms with Crippen LogP contribution in [0.2, 0.25) is 5.02 Å². The van der Waals surface area contributed by atoms with Gasteiger partial charge >= 0.3 is 5.97 Å². The minimum atomic E-state index is -0.953. The number of carboxylic acids is 1. The van der Waals surface area contributed by atoms with Gasteiger partial charge in [-0.15, -0.1) is 0 Å². The molecule has 0 bridgehead atoms. The van der Waals surface area contributed by atoms with Crippen molar-refractivity contribution in [2.75, 3.05) is 0 Å². The van der Waals surface area contributed by atoms with Gasteiger partial charge in [0.05, 0.1) is 0 Å². The van der Waals surface area contributed by atoms with E-state index in [1.165, 1.54) is 0 Å². The maximum absolute atomic E-state index is 10.7. The lowest BCUT2D eigenvalue weighted by atomic mass is 10.1. The Morgan fingerprint density at radius 3 is 2.62 bits per heavy atom. The number of rotatable bonds is 3. The molecule has 2 rings (SSSR count). The van der Waals surface area contributed by atoms with Gasteiger partial charge in [-0.25, -0.2) is 4.79 Å². The molecular weight excluding hydrogens is 226 g/mol. The maximum Gasteiger partial charge on any atom is 0.352 e. The van der Waals surface area contributed by atoms with Crippen LogP contribution in [0.15, 0.2) is 36.4 Å². The average molecular weight is 236 g/mol. The van der Waals surface area contributed by atoms with Gasteiger partial charge in [0.15, 0.2) is 0 Å². The summed E-state index contributed by atoms with van der Waals surface area (Å²) in [7, 11) is 0. The number of benzene rings is 1. The van der Waals surface area contributed by atoms with Crippen LogP contribution in [0.4, 0.5) is 0 Å². The molecule has 16 heavy (non-hydrogen) atoms. The van der Waals surface area contributed by atoms with Crippen molar-refractivity contribution in [3.05, 3.63) is 58.4 Å². The van der Waals surface area contributed by atoms with Crippen molar-refractivity contribution in [1.82, 2.24) is 4.98 Å². The monoisotopic (exact) mass is 235 g/mol. The third-order valence-electron chi connectivity index (χ3n) is 2.32. The molecule has 0 aliphatic carbocycles. The molecular formula is C12H10ClNO2. The Kier molecular flexibility index (Phi) is 2.97. The lowest BCUT2D eigenvalue weighted by molar-refractivity contribution is 0.0691. The summed E-state index contributed by atoms with van der Waals surface area (Å²) in [6.45, 7) is 0. The fraction of sp³-hybridized carbons (Fsp3) is 0.0833. The number of halogens is 1. The van der Waals surface area contributed by atoms with Crippen LogP contribution in [0.1, 0.15) is 21.7 Å². The first-order valence-electron chi connectivity index (χ1n) is 4.81. The minimum Gasteiger partial charge on any atom is -0.477 e. The molecule has 2 aromatic rings. The number of nitrogens with one attached hydrogen (secondary N) is 1. The second-order valence-corrected chi connectivity index (χ2v) is 3.88. The molecule has 0 aliphatic rings. The smallest absolute Gasteiger partial charge is 0.352 e. The zero-order valence-corrected chi connectivity index (χ0v) is 9.16. The summed E-state index contributed by atoms with van der Waals surface area (Å²) in [6, 6.07) is 10.8. The van der Waals surface area contributed by atoms with E-state index in [4.69, 9.17) is 16.7 Å². The second-order valence-electron chi connectivity index (χ2n) is 3.47. The number of hydrogen-bond donors (Lipinski definition) is 2. The zero-order valence-electron chi connectivity index (χ0n) is 8.40. The predicted molar refractivity (Wildman–Crippen MR) is 62.0 cm³/mol. The number of aromatic carboxylic acids is 1. The van der Waals surface area contributed by atoms with Crippen LogP contribution >= 0.6 is 11.6 Å². The molecule has 1 aromatic heterocycles. The van der Waals surface area contributed by atoms with Crippen LogP contribution in [0.3, 0.4) is 0 Å². The molecule has 0 unspecified atom stereocenters. The van der Waals surface area contributed by atoms with Crippen molar-refractivity contribution in [3.63, 3.8) is 0 Å². The quantitative estimate of drug-likeness (QED) is 0.859. The molecule has 0 spiro atoms. The molecule has 0 saturated heterocycles. The third kappa shape index (κ3) is 2.25. The molecule has 0 atom stereocenters. The lowest BCUT2D eigenvalue weighted by Gasteiger charge is -2.01. The summed E-state index contributed by atoms with van der Waals surface area (Å²) in [4.78, 5) is 13.5. The highest BCUT2D eigenvalue weighted by atomic mass is 35.5. The van der Waals surface area contributed by atoms with Crippen molar-refractivity contribution in [2.24, 2.45) is 0 Å². The highest BCUT2D eigenvalue weighted by Gasteiger charge is 2.07. The first-order valence-corrected chi connectivity index (χ1v) is 5.19. The molecule has 1 aromatic carbocycles. The maximum atomic E-state index is 10.7. The Morgan fingerprint density at radius 2 is 2.00 bits per heavy atom. The van der Waals surface area contributed by atoms with Crippen LogP contribution in [0, 0.1) is 0 Å². The zero-order chi connectivity index (χ0) is 11.5. The molecule has 0 fully saturated rings. The van der Waals surface area contributed by atoms with E-state index in [2.05, 4.69) is 4.98 Å². The molecule has 1 heterocycles. The molecule has 0 aliphatic heterocycles. The first kappa shape index (κ1) is 10.8. The summed E-state index contributed by atoms with van der Waals surface area (Å²) < 4.78 is 0. The number of aromatic amines is 1. The summed E-state index contributed by atoms with van der Waals surface area (Å²) in [5.74, 6) is -0.953. The number of carboxylic acid groups (broad SMARTS) is 1. The van der Waals surface area contributed by atoms with Gasteiger partial charge in [-0.2, -0.15) is 0 Å². The van der Waals surface area contributed by atoms with E-state index in [9.17, 15) is 4.79 Å². The Balaban J connectivity index is 2.21. The van der Waals surface area contributed by atoms with Crippen molar-refractivity contribution in [3.8, 4) is 0 Å². The van der Waals surface area contributed by atoms with Gasteiger partial charge in [0.1, 0.15) is 5.69 Å². The van der Waals surface area contributed by atoms with E-state index in [0.717, 1.165) is 11.3 Å². The van der Waals surface area contributed by atoms with Gasteiger partial charge in [-0.1, -0.05) is 29.8 Å². The van der Waals surface area contributed by atoms with E-state index >= 15 is 0 Å². The normalized spacial score (nSPS) is 10.3. The van der Waals surface area contributed by atoms with Crippen molar-refractivity contribution < 1.29 is 9.90 Å². The first-order chi connectivity index (χ1) is 7.66. The highest BCUT2D eigenvalue weighted by molar-refractivity contribution is 6.31. The molecule has 3 nitrogen and oxygen atoms in total. The van der Waals surface area contributed by atoms with Gasteiger partial charge < -0.3 is 10.1 Å². The lowest BCUT2D eigenvalue weighted by Crippen LogP contribution is -1.97. The van der Waals surface area contributed by atoms with Gasteiger partial charge in [-0.3, -0.25) is 0 Å². The van der Waals surface area contributed by atoms with Crippen molar-refractivity contribution in [2.45, 2.75) is 6.42 Å². The van der Waals surface area contributed by atoms with E-state index in [0.29, 0.717) is 11.4 Å². The molecule has 0 amide bonds. The van der Waals surface area contributed by atoms with Gasteiger partial charge in [0.2, 0.25) is 0 Å². The number of hydrogen-bond acceptors (Lipinski definition) is 1. The average Bonchev–Trinajstić information content (AvgIpc) is 2.70. The van der Waals surface area contributed by atoms with E-state index in [1.807, 2.05) is 24.3 Å². The fourth-order valence-corrected chi connectivity index (χ4v) is 1.72. The molecule has 82 valence electrons. The van der Waals surface area contributed by atoms with Gasteiger partial charge in [0.25, 0.3) is 0 Å². The van der Waals surface area contributed by atoms with Crippen molar-refractivity contribution >= 4 is 17.6 Å². The summed E-state index contributed by atoms with van der Waals surface area (Å²) >= 11 is 6.01. The summed E-state index contributed by atoms with van der Waals surface area (Å²) in [5, 5.41) is 9.45. The fourth-order valence-electron chi connectivity index (χ4n) is 1.52. The molecule has 4 heteroatoms. The number of carbonyl (C=O) groups is 1. The Hall–Kier alpha value is -1.74. The molecule has 2 N–H and O–H groups in total. The summed E-state index contributed by atoms with van der Waals surface area (Å²) in [6.07, 6.45) is 0.604. The highest BCUT2D eigenvalue weighted by Crippen LogP contribution is 2.18. The second kappa shape index (κ2) is 4.41. The molecule has 0 saturated carbocycles. The molecule has 0 radical (unpaired) electrons. The largest absolute Gasteiger partial charge is 0.477 e. The predicted octanol–water partition coefficient (Wildman–Crippen LogP) is 2.96. The number of aromatic nitrogens is 1. The van der Waals surface area contributed by atoms with Crippen LogP contribution in [0.5, 0.6) is 0 Å².